The maximum atomic E-state index is 15.0. The van der Waals surface area contributed by atoms with Gasteiger partial charge in [-0.2, -0.15) is 0 Å². The second-order valence-electron chi connectivity index (χ2n) is 20.9. The van der Waals surface area contributed by atoms with Crippen molar-refractivity contribution in [2.75, 3.05) is 26.2 Å². The lowest BCUT2D eigenvalue weighted by atomic mass is 9.83. The molecule has 0 spiro atoms. The van der Waals surface area contributed by atoms with Crippen LogP contribution in [-0.4, -0.2) is 110 Å². The second-order valence-corrected chi connectivity index (χ2v) is 23.0. The molecule has 1 aromatic heterocycles. The molecule has 79 heavy (non-hydrogen) atoms. The number of ketones is 2. The number of carbonyl (C=O) groups excluding carboxylic acids is 10. The highest BCUT2D eigenvalue weighted by Crippen LogP contribution is 2.51. The molecule has 0 unspecified atom stereocenters. The van der Waals surface area contributed by atoms with Crippen LogP contribution in [0.1, 0.15) is 234 Å². The summed E-state index contributed by atoms with van der Waals surface area (Å²) in [6.45, 7) is 13.1. The first kappa shape index (κ1) is 54.9. The Morgan fingerprint density at radius 1 is 0.468 bits per heavy atom. The maximum Gasteiger partial charge on any atom is 0.262 e. The van der Waals surface area contributed by atoms with Gasteiger partial charge in [0.15, 0.2) is 0 Å². The van der Waals surface area contributed by atoms with Gasteiger partial charge in [0.05, 0.1) is 26.6 Å². The van der Waals surface area contributed by atoms with Crippen LogP contribution in [0.15, 0.2) is 48.7 Å². The van der Waals surface area contributed by atoms with Gasteiger partial charge in [0.1, 0.15) is 10.7 Å². The summed E-state index contributed by atoms with van der Waals surface area (Å²) in [5.41, 5.74) is 6.97. The standard InChI is InChI=1S/C61H62N6O10S2/c1-6-10-14-18-26-64-54(70)33-22-24-35-43-41(33)39(58(64)74)30-37(45(43)60(76)66(56(35)72)28-20-16-12-8-3)32(5)78-51-47(62)49(68)50(69)48-52(51)79-53(63-48)38-31-40-42-34(55(71)65(59(40)75)27-19-15-11-7-2)23-25-36-44(42)46(38)61(77)67(57(36)73)29-21-17-13-9-4/h22-25,30-31H,5-21,26-29,62H2,1-4H3. The van der Waals surface area contributed by atoms with Gasteiger partial charge in [-0.25, -0.2) is 4.98 Å². The topological polar surface area (TPSA) is 223 Å². The third kappa shape index (κ3) is 9.13. The molecule has 16 nitrogen and oxygen atoms in total. The summed E-state index contributed by atoms with van der Waals surface area (Å²) in [5.74, 6) is -6.85. The van der Waals surface area contributed by atoms with E-state index in [9.17, 15) is 43.2 Å². The first-order chi connectivity index (χ1) is 38.1. The van der Waals surface area contributed by atoms with Gasteiger partial charge in [-0.15, -0.1) is 11.3 Å². The summed E-state index contributed by atoms with van der Waals surface area (Å²) in [7, 11) is 0. The quantitative estimate of drug-likeness (QED) is 0.0345. The minimum absolute atomic E-state index is 0.0115. The molecule has 18 heteroatoms. The summed E-state index contributed by atoms with van der Waals surface area (Å²) in [6, 6.07) is 9.12. The Morgan fingerprint density at radius 2 is 0.848 bits per heavy atom. The van der Waals surface area contributed by atoms with Gasteiger partial charge in [0.2, 0.25) is 0 Å². The van der Waals surface area contributed by atoms with Crippen molar-refractivity contribution < 1.29 is 47.9 Å². The molecule has 0 fully saturated rings. The van der Waals surface area contributed by atoms with Gasteiger partial charge in [-0.05, 0) is 62.1 Å². The number of carbonyl (C=O) groups is 10. The van der Waals surface area contributed by atoms with E-state index in [1.807, 2.05) is 6.92 Å². The molecule has 5 aromatic rings. The van der Waals surface area contributed by atoms with E-state index in [-0.39, 0.29) is 129 Å². The number of imide groups is 4. The van der Waals surface area contributed by atoms with E-state index in [2.05, 4.69) is 27.4 Å². The number of aromatic nitrogens is 1. The van der Waals surface area contributed by atoms with Gasteiger partial charge >= 0.3 is 0 Å². The predicted molar refractivity (Wildman–Crippen MR) is 304 cm³/mol. The monoisotopic (exact) mass is 1100 g/mol. The fourth-order valence-electron chi connectivity index (χ4n) is 11.6. The van der Waals surface area contributed by atoms with Crippen molar-refractivity contribution in [1.29, 1.82) is 0 Å². The largest absolute Gasteiger partial charge is 0.394 e. The van der Waals surface area contributed by atoms with Crippen LogP contribution < -0.4 is 5.73 Å². The smallest absolute Gasteiger partial charge is 0.262 e. The number of benzene rings is 4. The number of fused-ring (bicyclic) bond motifs is 1. The van der Waals surface area contributed by atoms with Crippen molar-refractivity contribution in [2.45, 2.75) is 130 Å². The number of hydrogen-bond donors (Lipinski definition) is 1. The van der Waals surface area contributed by atoms with Crippen LogP contribution in [0.5, 0.6) is 0 Å². The number of thiazole rings is 1. The third-order valence-electron chi connectivity index (χ3n) is 15.8. The number of hydrogen-bond acceptors (Lipinski definition) is 14. The van der Waals surface area contributed by atoms with Crippen molar-refractivity contribution >= 4 is 113 Å². The van der Waals surface area contributed by atoms with Crippen LogP contribution in [0.25, 0.3) is 41.9 Å². The molecule has 5 aliphatic rings. The van der Waals surface area contributed by atoms with E-state index >= 15 is 4.79 Å². The molecule has 8 amide bonds. The average Bonchev–Trinajstić information content (AvgIpc) is 3.13. The molecule has 1 aliphatic carbocycles. The van der Waals surface area contributed by atoms with Crippen molar-refractivity contribution in [1.82, 2.24) is 24.6 Å². The van der Waals surface area contributed by atoms with Gasteiger partial charge in [0.25, 0.3) is 58.8 Å². The SMILES string of the molecule is C=C(SC1=C(N)C(=O)C(=O)c2nc(-c3cc4c5c(ccc6c5c3C(=O)N(CCCCCC)C6=O)C(=O)N(CCCCCC)C4=O)sc21)c1cc2c3c(ccc4c3c1C(=O)N(CCCCCC)C4=O)C(=O)N(CCCCCC)C2=O. The number of Topliss-reactive ketones (excluding diaryl/α,β-unsaturated/α-hetero) is 2. The van der Waals surface area contributed by atoms with Crippen LogP contribution in [0, 0.1) is 0 Å². The third-order valence-corrected chi connectivity index (χ3v) is 18.1. The van der Waals surface area contributed by atoms with Gasteiger partial charge in [-0.1, -0.05) is 123 Å². The Labute approximate surface area is 465 Å². The zero-order chi connectivity index (χ0) is 56.1. The van der Waals surface area contributed by atoms with E-state index < -0.39 is 64.5 Å². The Morgan fingerprint density at radius 3 is 1.29 bits per heavy atom. The zero-order valence-electron chi connectivity index (χ0n) is 45.0. The van der Waals surface area contributed by atoms with E-state index in [1.165, 1.54) is 49.9 Å². The molecule has 408 valence electrons. The Bertz CT molecular complexity index is 3610. The number of allylic oxidation sites excluding steroid dienone is 1. The molecule has 0 saturated heterocycles. The van der Waals surface area contributed by atoms with E-state index in [1.54, 1.807) is 6.07 Å². The normalized spacial score (nSPS) is 15.8. The molecule has 0 bridgehead atoms. The Balaban J connectivity index is 1.11. The summed E-state index contributed by atoms with van der Waals surface area (Å²) in [6.07, 6.45) is 12.6. The first-order valence-corrected chi connectivity index (χ1v) is 29.4. The molecule has 4 aliphatic heterocycles. The summed E-state index contributed by atoms with van der Waals surface area (Å²) < 4.78 is 0. The lowest BCUT2D eigenvalue weighted by Crippen LogP contribution is -2.44. The van der Waals surface area contributed by atoms with Crippen molar-refractivity contribution in [3.05, 3.63) is 109 Å². The number of nitrogens with two attached hydrogens (primary N) is 1. The highest BCUT2D eigenvalue weighted by atomic mass is 32.2. The molecule has 0 saturated carbocycles. The molecular weight excluding hydrogens is 1040 g/mol. The lowest BCUT2D eigenvalue weighted by Gasteiger charge is -2.33. The molecule has 0 radical (unpaired) electrons. The Kier molecular flexibility index (Phi) is 15.5. The number of thioether (sulfide) groups is 1. The zero-order valence-corrected chi connectivity index (χ0v) is 46.7. The van der Waals surface area contributed by atoms with Crippen LogP contribution in [0.2, 0.25) is 0 Å². The van der Waals surface area contributed by atoms with Gasteiger partial charge < -0.3 is 5.73 Å². The van der Waals surface area contributed by atoms with Crippen LogP contribution in [-0.2, 0) is 4.79 Å². The number of unbranched alkanes of at least 4 members (excludes halogenated alkanes) is 12. The summed E-state index contributed by atoms with van der Waals surface area (Å²) >= 11 is 1.79. The summed E-state index contributed by atoms with van der Waals surface area (Å²) in [5, 5.41) is 0.692. The molecule has 0 atom stereocenters. The van der Waals surface area contributed by atoms with Crippen LogP contribution in [0.3, 0.4) is 0 Å². The van der Waals surface area contributed by atoms with E-state index in [4.69, 9.17) is 10.7 Å². The summed E-state index contributed by atoms with van der Waals surface area (Å²) in [4.78, 5) is 154. The highest BCUT2D eigenvalue weighted by molar-refractivity contribution is 8.16. The first-order valence-electron chi connectivity index (χ1n) is 27.8. The maximum absolute atomic E-state index is 15.0. The minimum Gasteiger partial charge on any atom is -0.394 e. The molecule has 5 heterocycles. The fourth-order valence-corrected chi connectivity index (χ4v) is 13.8. The van der Waals surface area contributed by atoms with Crippen LogP contribution >= 0.6 is 23.1 Å². The van der Waals surface area contributed by atoms with Crippen molar-refractivity contribution in [3.8, 4) is 10.6 Å². The minimum atomic E-state index is -1.08. The number of amides is 8. The molecule has 10 rings (SSSR count). The van der Waals surface area contributed by atoms with Crippen molar-refractivity contribution in [2.24, 2.45) is 5.73 Å². The fraction of sp³-hybridized carbons (Fsp3) is 0.393. The van der Waals surface area contributed by atoms with Crippen molar-refractivity contribution in [3.63, 3.8) is 0 Å². The second kappa shape index (κ2) is 22.4. The molecule has 4 aromatic carbocycles. The number of nitrogens with zero attached hydrogens (tertiary/aromatic N) is 5. The molecular formula is C61H62N6O10S2. The van der Waals surface area contributed by atoms with Crippen LogP contribution in [0.4, 0.5) is 0 Å². The predicted octanol–water partition coefficient (Wildman–Crippen LogP) is 11.6. The van der Waals surface area contributed by atoms with E-state index in [0.29, 0.717) is 25.7 Å². The highest BCUT2D eigenvalue weighted by Gasteiger charge is 2.45. The number of rotatable bonds is 24. The average molecular weight is 1100 g/mol. The van der Waals surface area contributed by atoms with Gasteiger partial charge in [0, 0.05) is 97.1 Å². The Hall–Kier alpha value is -7.44. The molecule has 2 N–H and O–H groups in total. The lowest BCUT2D eigenvalue weighted by molar-refractivity contribution is -0.111. The van der Waals surface area contributed by atoms with Gasteiger partial charge in [-0.3, -0.25) is 67.5 Å². The van der Waals surface area contributed by atoms with E-state index in [0.717, 1.165) is 100 Å².